The minimum absolute atomic E-state index is 0.0648. The lowest BCUT2D eigenvalue weighted by molar-refractivity contribution is -0.140. The van der Waals surface area contributed by atoms with Crippen LogP contribution in [0.3, 0.4) is 0 Å². The van der Waals surface area contributed by atoms with E-state index in [1.54, 1.807) is 4.57 Å². The van der Waals surface area contributed by atoms with E-state index in [2.05, 4.69) is 15.0 Å². The van der Waals surface area contributed by atoms with Crippen molar-refractivity contribution in [3.05, 3.63) is 46.3 Å². The van der Waals surface area contributed by atoms with Gasteiger partial charge >= 0.3 is 6.18 Å². The van der Waals surface area contributed by atoms with Gasteiger partial charge in [-0.3, -0.25) is 4.90 Å². The maximum Gasteiger partial charge on any atom is 0.419 e. The van der Waals surface area contributed by atoms with Gasteiger partial charge in [0.05, 0.1) is 5.56 Å². The second-order valence-electron chi connectivity index (χ2n) is 11.3. The van der Waals surface area contributed by atoms with Crippen LogP contribution in [0.25, 0.3) is 11.2 Å². The number of halogens is 7. The molecule has 0 spiro atoms. The average Bonchev–Trinajstić information content (AvgIpc) is 3.61. The van der Waals surface area contributed by atoms with Gasteiger partial charge in [0.1, 0.15) is 11.6 Å². The van der Waals surface area contributed by atoms with Crippen LogP contribution < -0.4 is 4.90 Å². The number of alkyl halides is 5. The SMILES string of the molecule is C1CCOC1.CC.Cc1nc2c(N3CCN(C(c4ccc(C(F)(F)F)c(F)c4)C4CC(F)(F)C4)CC3C)nc(Cl)nc2n1C. The molecule has 3 aromatic rings. The van der Waals surface area contributed by atoms with E-state index in [0.29, 0.717) is 42.7 Å². The summed E-state index contributed by atoms with van der Waals surface area (Å²) in [6.07, 6.45) is -3.08. The highest BCUT2D eigenvalue weighted by Crippen LogP contribution is 2.51. The highest BCUT2D eigenvalue weighted by Gasteiger charge is 2.51. The third-order valence-electron chi connectivity index (χ3n) is 8.26. The fraction of sp³-hybridized carbons (Fsp3) is 0.633. The molecule has 0 N–H and O–H groups in total. The summed E-state index contributed by atoms with van der Waals surface area (Å²) in [4.78, 5) is 17.2. The molecule has 2 atom stereocenters. The van der Waals surface area contributed by atoms with Crippen molar-refractivity contribution in [3.63, 3.8) is 0 Å². The number of hydrogen-bond acceptors (Lipinski definition) is 6. The van der Waals surface area contributed by atoms with Crippen molar-refractivity contribution in [3.8, 4) is 0 Å². The van der Waals surface area contributed by atoms with Crippen LogP contribution in [-0.2, 0) is 18.0 Å². The van der Waals surface area contributed by atoms with Gasteiger partial charge < -0.3 is 14.2 Å². The van der Waals surface area contributed by atoms with E-state index >= 15 is 0 Å². The van der Waals surface area contributed by atoms with Gasteiger partial charge in [-0.15, -0.1) is 0 Å². The van der Waals surface area contributed by atoms with Gasteiger partial charge in [0.2, 0.25) is 11.2 Å². The van der Waals surface area contributed by atoms with Gasteiger partial charge in [-0.1, -0.05) is 19.9 Å². The van der Waals surface area contributed by atoms with Gasteiger partial charge in [0, 0.05) is 64.8 Å². The van der Waals surface area contributed by atoms with E-state index in [9.17, 15) is 26.3 Å². The van der Waals surface area contributed by atoms with E-state index in [1.165, 1.54) is 18.9 Å². The summed E-state index contributed by atoms with van der Waals surface area (Å²) in [5, 5.41) is 0.0648. The Labute approximate surface area is 258 Å². The number of benzene rings is 1. The Hall–Kier alpha value is -2.64. The van der Waals surface area contributed by atoms with E-state index < -0.39 is 48.3 Å². The van der Waals surface area contributed by atoms with Crippen LogP contribution >= 0.6 is 11.6 Å². The molecule has 2 aromatic heterocycles. The number of fused-ring (bicyclic) bond motifs is 1. The lowest BCUT2D eigenvalue weighted by atomic mass is 9.73. The first-order chi connectivity index (χ1) is 20.7. The molecule has 244 valence electrons. The fourth-order valence-corrected chi connectivity index (χ4v) is 6.21. The van der Waals surface area contributed by atoms with Gasteiger partial charge in [-0.2, -0.15) is 23.1 Å². The quantitative estimate of drug-likeness (QED) is 0.215. The van der Waals surface area contributed by atoms with Crippen molar-refractivity contribution in [2.75, 3.05) is 37.7 Å². The number of ether oxygens (including phenoxy) is 1. The predicted molar refractivity (Wildman–Crippen MR) is 158 cm³/mol. The summed E-state index contributed by atoms with van der Waals surface area (Å²) in [5.41, 5.74) is 0.0588. The number of aromatic nitrogens is 4. The molecule has 4 heterocycles. The van der Waals surface area contributed by atoms with Crippen LogP contribution in [0.1, 0.15) is 69.4 Å². The van der Waals surface area contributed by atoms with Crippen molar-refractivity contribution in [1.82, 2.24) is 24.4 Å². The Kier molecular flexibility index (Phi) is 10.7. The summed E-state index contributed by atoms with van der Waals surface area (Å²) in [6.45, 7) is 11.0. The molecule has 3 fully saturated rings. The first-order valence-corrected chi connectivity index (χ1v) is 15.3. The van der Waals surface area contributed by atoms with Gasteiger partial charge in [0.15, 0.2) is 17.0 Å². The van der Waals surface area contributed by atoms with Crippen molar-refractivity contribution < 1.29 is 31.1 Å². The smallest absolute Gasteiger partial charge is 0.381 e. The van der Waals surface area contributed by atoms with Crippen molar-refractivity contribution in [2.24, 2.45) is 13.0 Å². The number of piperazine rings is 1. The van der Waals surface area contributed by atoms with Crippen molar-refractivity contribution >= 4 is 28.6 Å². The Morgan fingerprint density at radius 3 is 2.23 bits per heavy atom. The number of rotatable bonds is 4. The zero-order valence-electron chi connectivity index (χ0n) is 25.6. The first kappa shape index (κ1) is 34.2. The summed E-state index contributed by atoms with van der Waals surface area (Å²) in [6, 6.07) is 1.91. The Morgan fingerprint density at radius 1 is 1.05 bits per heavy atom. The third kappa shape index (κ3) is 7.42. The molecule has 7 nitrogen and oxygen atoms in total. The highest BCUT2D eigenvalue weighted by atomic mass is 35.5. The van der Waals surface area contributed by atoms with Crippen LogP contribution in [0.15, 0.2) is 18.2 Å². The van der Waals surface area contributed by atoms with Crippen molar-refractivity contribution in [2.45, 2.75) is 77.6 Å². The fourth-order valence-electron chi connectivity index (χ4n) is 6.05. The third-order valence-corrected chi connectivity index (χ3v) is 8.43. The molecular weight excluding hydrogens is 610 g/mol. The molecule has 2 unspecified atom stereocenters. The molecule has 2 saturated heterocycles. The van der Waals surface area contributed by atoms with Crippen LogP contribution in [0.4, 0.5) is 32.2 Å². The van der Waals surface area contributed by atoms with Gasteiger partial charge in [0.25, 0.3) is 0 Å². The lowest BCUT2D eigenvalue weighted by Crippen LogP contribution is -2.56. The normalized spacial score (nSPS) is 21.3. The zero-order chi connectivity index (χ0) is 32.4. The molecule has 0 bridgehead atoms. The van der Waals surface area contributed by atoms with Gasteiger partial charge in [-0.25, -0.2) is 18.2 Å². The molecule has 0 amide bonds. The molecule has 14 heteroatoms. The standard InChI is InChI=1S/C24H25ClF6N6.C4H8O.C2H6/c1-12-11-36(6-7-37(12)21-18-20(33-22(25)34-21)35(3)13(2)32-18)19(15-9-23(27,28)10-15)14-4-5-16(17(26)8-14)24(29,30)31;1-2-4-5-3-1;1-2/h4-5,8,12,15,19H,6-7,9-11H2,1-3H3;1-4H2;1-2H3. The minimum Gasteiger partial charge on any atom is -0.381 e. The van der Waals surface area contributed by atoms with E-state index in [1.807, 2.05) is 44.5 Å². The van der Waals surface area contributed by atoms with E-state index in [0.717, 1.165) is 25.1 Å². The Morgan fingerprint density at radius 2 is 1.70 bits per heavy atom. The Bertz CT molecular complexity index is 1410. The van der Waals surface area contributed by atoms with Crippen LogP contribution in [0.2, 0.25) is 5.28 Å². The van der Waals surface area contributed by atoms with Crippen molar-refractivity contribution in [1.29, 1.82) is 0 Å². The largest absolute Gasteiger partial charge is 0.419 e. The molecule has 0 radical (unpaired) electrons. The second-order valence-corrected chi connectivity index (χ2v) is 11.6. The first-order valence-electron chi connectivity index (χ1n) is 14.9. The number of imidazole rings is 1. The maximum absolute atomic E-state index is 14.5. The zero-order valence-corrected chi connectivity index (χ0v) is 26.3. The number of nitrogens with zero attached hydrogens (tertiary/aromatic N) is 6. The molecule has 44 heavy (non-hydrogen) atoms. The van der Waals surface area contributed by atoms with Crippen LogP contribution in [0.5, 0.6) is 0 Å². The number of hydrogen-bond donors (Lipinski definition) is 0. The molecule has 1 saturated carbocycles. The number of aryl methyl sites for hydroxylation is 2. The van der Waals surface area contributed by atoms with E-state index in [-0.39, 0.29) is 16.9 Å². The summed E-state index contributed by atoms with van der Waals surface area (Å²) < 4.78 is 88.2. The minimum atomic E-state index is -4.84. The van der Waals surface area contributed by atoms with Gasteiger partial charge in [-0.05, 0) is 61.9 Å². The summed E-state index contributed by atoms with van der Waals surface area (Å²) in [5.74, 6) is -3.46. The predicted octanol–water partition coefficient (Wildman–Crippen LogP) is 7.60. The van der Waals surface area contributed by atoms with Crippen LogP contribution in [0, 0.1) is 18.7 Å². The average molecular weight is 649 g/mol. The molecule has 3 aliphatic rings. The highest BCUT2D eigenvalue weighted by molar-refractivity contribution is 6.28. The lowest BCUT2D eigenvalue weighted by Gasteiger charge is -2.49. The monoisotopic (exact) mass is 648 g/mol. The van der Waals surface area contributed by atoms with Crippen LogP contribution in [-0.4, -0.2) is 69.2 Å². The molecule has 1 aliphatic carbocycles. The van der Waals surface area contributed by atoms with E-state index in [4.69, 9.17) is 16.3 Å². The number of anilines is 1. The summed E-state index contributed by atoms with van der Waals surface area (Å²) >= 11 is 6.20. The Balaban J connectivity index is 0.000000565. The topological polar surface area (TPSA) is 59.3 Å². The summed E-state index contributed by atoms with van der Waals surface area (Å²) in [7, 11) is 1.82. The second kappa shape index (κ2) is 13.8. The molecular formula is C30H39ClF6N6O. The maximum atomic E-state index is 14.5. The molecule has 2 aliphatic heterocycles. The molecule has 6 rings (SSSR count). The molecule has 1 aromatic carbocycles.